The fraction of sp³-hybridized carbons (Fsp3) is 0.300. The molecule has 2 aromatic rings. The zero-order valence-corrected chi connectivity index (χ0v) is 13.7. The number of hydrogen-bond donors (Lipinski definition) is 2. The Morgan fingerprint density at radius 2 is 1.95 bits per heavy atom. The van der Waals surface area contributed by atoms with Crippen molar-refractivity contribution in [3.05, 3.63) is 66.2 Å². The lowest BCUT2D eigenvalue weighted by atomic mass is 9.83. The highest BCUT2D eigenvalue weighted by Gasteiger charge is 2.17. The Labute approximate surface area is 133 Å². The van der Waals surface area contributed by atoms with Gasteiger partial charge in [0, 0.05) is 5.41 Å². The van der Waals surface area contributed by atoms with Crippen LogP contribution in [0, 0.1) is 0 Å². The quantitative estimate of drug-likeness (QED) is 0.779. The molecule has 2 nitrogen and oxygen atoms in total. The van der Waals surface area contributed by atoms with E-state index in [0.717, 1.165) is 24.1 Å². The van der Waals surface area contributed by atoms with E-state index in [2.05, 4.69) is 50.0 Å². The fourth-order valence-corrected chi connectivity index (χ4v) is 2.52. The topological polar surface area (TPSA) is 32.3 Å². The minimum absolute atomic E-state index is 0.0715. The first-order valence-electron chi connectivity index (χ1n) is 7.69. The van der Waals surface area contributed by atoms with Gasteiger partial charge in [0.15, 0.2) is 0 Å². The van der Waals surface area contributed by atoms with Crippen LogP contribution in [0.3, 0.4) is 0 Å². The largest absolute Gasteiger partial charge is 0.508 e. The first kappa shape index (κ1) is 16.3. The molecule has 0 unspecified atom stereocenters. The van der Waals surface area contributed by atoms with Crippen molar-refractivity contribution in [3.8, 4) is 16.9 Å². The highest BCUT2D eigenvalue weighted by molar-refractivity contribution is 5.70. The summed E-state index contributed by atoms with van der Waals surface area (Å²) in [5, 5.41) is 13.0. The molecule has 0 aliphatic rings. The third kappa shape index (κ3) is 3.58. The van der Waals surface area contributed by atoms with Crippen molar-refractivity contribution in [2.45, 2.75) is 25.7 Å². The van der Waals surface area contributed by atoms with E-state index in [4.69, 9.17) is 0 Å². The molecule has 0 aliphatic carbocycles. The molecule has 0 aliphatic heterocycles. The number of phenols is 1. The molecule has 2 aromatic carbocycles. The summed E-state index contributed by atoms with van der Waals surface area (Å²) < 4.78 is 0. The lowest BCUT2D eigenvalue weighted by Gasteiger charge is -2.21. The van der Waals surface area contributed by atoms with Crippen molar-refractivity contribution in [3.63, 3.8) is 0 Å². The summed E-state index contributed by atoms with van der Waals surface area (Å²) in [6.07, 6.45) is 2.90. The molecule has 0 radical (unpaired) electrons. The van der Waals surface area contributed by atoms with Crippen molar-refractivity contribution in [1.82, 2.24) is 5.32 Å². The predicted molar refractivity (Wildman–Crippen MR) is 94.4 cm³/mol. The minimum Gasteiger partial charge on any atom is -0.508 e. The van der Waals surface area contributed by atoms with Crippen LogP contribution in [0.1, 0.15) is 25.0 Å². The Balaban J connectivity index is 2.49. The zero-order chi connectivity index (χ0) is 16.2. The van der Waals surface area contributed by atoms with Crippen LogP contribution in [-0.4, -0.2) is 18.7 Å². The number of nitrogens with one attached hydrogen (secondary N) is 1. The van der Waals surface area contributed by atoms with Gasteiger partial charge in [0.2, 0.25) is 0 Å². The summed E-state index contributed by atoms with van der Waals surface area (Å²) in [7, 11) is 1.95. The van der Waals surface area contributed by atoms with Crippen LogP contribution in [0.15, 0.2) is 55.1 Å². The van der Waals surface area contributed by atoms with Gasteiger partial charge in [0.25, 0.3) is 0 Å². The van der Waals surface area contributed by atoms with Crippen molar-refractivity contribution < 1.29 is 5.11 Å². The van der Waals surface area contributed by atoms with Gasteiger partial charge in [-0.05, 0) is 54.4 Å². The monoisotopic (exact) mass is 295 g/mol. The van der Waals surface area contributed by atoms with Gasteiger partial charge in [-0.25, -0.2) is 0 Å². The maximum absolute atomic E-state index is 9.87. The maximum atomic E-state index is 9.87. The lowest BCUT2D eigenvalue weighted by Crippen LogP contribution is -2.13. The SMILES string of the molecule is C=CC(C)(C)c1cccc(-c2cc(O)ccc2CCNC)c1. The molecule has 2 heteroatoms. The molecular formula is C20H25NO. The number of hydrogen-bond acceptors (Lipinski definition) is 2. The van der Waals surface area contributed by atoms with Crippen LogP contribution in [0.2, 0.25) is 0 Å². The van der Waals surface area contributed by atoms with Gasteiger partial charge in [0.1, 0.15) is 5.75 Å². The van der Waals surface area contributed by atoms with Crippen LogP contribution in [0.5, 0.6) is 5.75 Å². The maximum Gasteiger partial charge on any atom is 0.116 e. The van der Waals surface area contributed by atoms with Gasteiger partial charge in [0.05, 0.1) is 0 Å². The highest BCUT2D eigenvalue weighted by Crippen LogP contribution is 2.32. The van der Waals surface area contributed by atoms with E-state index in [1.807, 2.05) is 25.3 Å². The molecule has 0 spiro atoms. The van der Waals surface area contributed by atoms with E-state index < -0.39 is 0 Å². The molecule has 0 fully saturated rings. The van der Waals surface area contributed by atoms with E-state index in [1.165, 1.54) is 11.1 Å². The van der Waals surface area contributed by atoms with Gasteiger partial charge in [-0.1, -0.05) is 50.3 Å². The van der Waals surface area contributed by atoms with Crippen molar-refractivity contribution >= 4 is 0 Å². The number of aromatic hydroxyl groups is 1. The van der Waals surface area contributed by atoms with Crippen molar-refractivity contribution in [2.24, 2.45) is 0 Å². The second-order valence-electron chi connectivity index (χ2n) is 6.20. The summed E-state index contributed by atoms with van der Waals surface area (Å²) in [6, 6.07) is 14.1. The van der Waals surface area contributed by atoms with Gasteiger partial charge >= 0.3 is 0 Å². The third-order valence-electron chi connectivity index (χ3n) is 4.17. The molecule has 0 saturated heterocycles. The van der Waals surface area contributed by atoms with Crippen LogP contribution in [0.4, 0.5) is 0 Å². The van der Waals surface area contributed by atoms with Crippen LogP contribution >= 0.6 is 0 Å². The van der Waals surface area contributed by atoms with Crippen molar-refractivity contribution in [1.29, 1.82) is 0 Å². The average molecular weight is 295 g/mol. The molecule has 0 saturated carbocycles. The molecule has 0 amide bonds. The lowest BCUT2D eigenvalue weighted by molar-refractivity contribution is 0.475. The van der Waals surface area contributed by atoms with E-state index in [1.54, 1.807) is 6.07 Å². The predicted octanol–water partition coefficient (Wildman–Crippen LogP) is 4.28. The van der Waals surface area contributed by atoms with Crippen LogP contribution in [-0.2, 0) is 11.8 Å². The third-order valence-corrected chi connectivity index (χ3v) is 4.17. The second kappa shape index (κ2) is 6.80. The molecule has 22 heavy (non-hydrogen) atoms. The average Bonchev–Trinajstić information content (AvgIpc) is 2.53. The second-order valence-corrected chi connectivity index (χ2v) is 6.20. The Morgan fingerprint density at radius 1 is 1.18 bits per heavy atom. The number of likely N-dealkylation sites (N-methyl/N-ethyl adjacent to an activating group) is 1. The normalized spacial score (nSPS) is 11.4. The van der Waals surface area contributed by atoms with Crippen LogP contribution in [0.25, 0.3) is 11.1 Å². The Hall–Kier alpha value is -2.06. The summed E-state index contributed by atoms with van der Waals surface area (Å²) in [4.78, 5) is 0. The van der Waals surface area contributed by atoms with Gasteiger partial charge < -0.3 is 10.4 Å². The van der Waals surface area contributed by atoms with E-state index >= 15 is 0 Å². The minimum atomic E-state index is -0.0715. The molecule has 2 N–H and O–H groups in total. The standard InChI is InChI=1S/C20H25NO/c1-5-20(2,3)17-8-6-7-16(13-17)19-14-18(22)10-9-15(19)11-12-21-4/h5-10,13-14,21-22H,1,11-12H2,2-4H3. The van der Waals surface area contributed by atoms with E-state index in [0.29, 0.717) is 5.75 Å². The molecule has 116 valence electrons. The molecule has 2 rings (SSSR count). The Morgan fingerprint density at radius 3 is 2.64 bits per heavy atom. The summed E-state index contributed by atoms with van der Waals surface area (Å²) in [5.74, 6) is 0.302. The van der Waals surface area contributed by atoms with Crippen LogP contribution < -0.4 is 5.32 Å². The molecule has 0 atom stereocenters. The number of benzene rings is 2. The number of phenolic OH excluding ortho intramolecular Hbond substituents is 1. The van der Waals surface area contributed by atoms with Gasteiger partial charge in [-0.3, -0.25) is 0 Å². The fourth-order valence-electron chi connectivity index (χ4n) is 2.52. The zero-order valence-electron chi connectivity index (χ0n) is 13.7. The Kier molecular flexibility index (Phi) is 5.04. The number of allylic oxidation sites excluding steroid dienone is 1. The Bertz CT molecular complexity index is 659. The molecule has 0 aromatic heterocycles. The summed E-state index contributed by atoms with van der Waals surface area (Å²) in [6.45, 7) is 9.16. The first-order chi connectivity index (χ1) is 10.5. The van der Waals surface area contributed by atoms with E-state index in [-0.39, 0.29) is 5.41 Å². The van der Waals surface area contributed by atoms with Crippen molar-refractivity contribution in [2.75, 3.05) is 13.6 Å². The first-order valence-corrected chi connectivity index (χ1v) is 7.69. The number of rotatable bonds is 6. The smallest absolute Gasteiger partial charge is 0.116 e. The molecule has 0 heterocycles. The molecular weight excluding hydrogens is 270 g/mol. The molecule has 0 bridgehead atoms. The van der Waals surface area contributed by atoms with Gasteiger partial charge in [-0.2, -0.15) is 0 Å². The summed E-state index contributed by atoms with van der Waals surface area (Å²) in [5.41, 5.74) is 4.62. The highest BCUT2D eigenvalue weighted by atomic mass is 16.3. The summed E-state index contributed by atoms with van der Waals surface area (Å²) >= 11 is 0. The van der Waals surface area contributed by atoms with E-state index in [9.17, 15) is 5.11 Å². The van der Waals surface area contributed by atoms with Gasteiger partial charge in [-0.15, -0.1) is 6.58 Å².